The van der Waals surface area contributed by atoms with Gasteiger partial charge in [0.15, 0.2) is 0 Å². The molecule has 6 heteroatoms. The number of benzene rings is 1. The van der Waals surface area contributed by atoms with Gasteiger partial charge in [-0.25, -0.2) is 4.98 Å². The van der Waals surface area contributed by atoms with Gasteiger partial charge < -0.3 is 10.6 Å². The highest BCUT2D eigenvalue weighted by atomic mass is 35.5. The topological polar surface area (TPSA) is 66.9 Å². The minimum Gasteiger partial charge on any atom is -0.370 e. The van der Waals surface area contributed by atoms with Crippen molar-refractivity contribution >= 4 is 23.3 Å². The van der Waals surface area contributed by atoms with Crippen molar-refractivity contribution in [3.05, 3.63) is 88.8 Å². The fourth-order valence-corrected chi connectivity index (χ4v) is 2.66. The SMILES string of the molecule is O=C(NCc1cccnc1)c1ccc(NCCc2cccc(Cl)c2)nc1. The average Bonchev–Trinajstić information content (AvgIpc) is 2.67. The van der Waals surface area contributed by atoms with Gasteiger partial charge in [-0.2, -0.15) is 0 Å². The second kappa shape index (κ2) is 8.97. The lowest BCUT2D eigenvalue weighted by atomic mass is 10.1. The molecule has 0 aliphatic carbocycles. The summed E-state index contributed by atoms with van der Waals surface area (Å²) in [6.45, 7) is 1.17. The molecular weight excluding hydrogens is 348 g/mol. The number of nitrogens with one attached hydrogen (secondary N) is 2. The predicted octanol–water partition coefficient (Wildman–Crippen LogP) is 3.71. The van der Waals surface area contributed by atoms with Crippen LogP contribution in [0.3, 0.4) is 0 Å². The van der Waals surface area contributed by atoms with Gasteiger partial charge in [0.2, 0.25) is 0 Å². The minimum atomic E-state index is -0.160. The monoisotopic (exact) mass is 366 g/mol. The maximum Gasteiger partial charge on any atom is 0.253 e. The lowest BCUT2D eigenvalue weighted by Crippen LogP contribution is -2.23. The molecule has 2 heterocycles. The van der Waals surface area contributed by atoms with Crippen LogP contribution in [0, 0.1) is 0 Å². The van der Waals surface area contributed by atoms with Crippen LogP contribution < -0.4 is 10.6 Å². The number of aromatic nitrogens is 2. The summed E-state index contributed by atoms with van der Waals surface area (Å²) in [5.41, 5.74) is 2.64. The van der Waals surface area contributed by atoms with E-state index in [1.807, 2.05) is 36.4 Å². The van der Waals surface area contributed by atoms with E-state index in [-0.39, 0.29) is 5.91 Å². The summed E-state index contributed by atoms with van der Waals surface area (Å²) in [4.78, 5) is 20.5. The molecule has 26 heavy (non-hydrogen) atoms. The molecule has 3 rings (SSSR count). The Morgan fingerprint density at radius 1 is 1.04 bits per heavy atom. The molecule has 0 spiro atoms. The van der Waals surface area contributed by atoms with E-state index >= 15 is 0 Å². The molecule has 1 aromatic carbocycles. The molecule has 132 valence electrons. The molecule has 3 aromatic rings. The zero-order valence-corrected chi connectivity index (χ0v) is 14.9. The van der Waals surface area contributed by atoms with E-state index in [0.29, 0.717) is 12.1 Å². The minimum absolute atomic E-state index is 0.160. The molecule has 0 bridgehead atoms. The second-order valence-corrected chi connectivity index (χ2v) is 6.22. The fourth-order valence-electron chi connectivity index (χ4n) is 2.45. The summed E-state index contributed by atoms with van der Waals surface area (Å²) >= 11 is 5.98. The van der Waals surface area contributed by atoms with Gasteiger partial charge in [-0.3, -0.25) is 9.78 Å². The highest BCUT2D eigenvalue weighted by Crippen LogP contribution is 2.11. The number of nitrogens with zero attached hydrogens (tertiary/aromatic N) is 2. The van der Waals surface area contributed by atoms with E-state index in [0.717, 1.165) is 34.9 Å². The van der Waals surface area contributed by atoms with Gasteiger partial charge in [0, 0.05) is 36.7 Å². The lowest BCUT2D eigenvalue weighted by molar-refractivity contribution is 0.0950. The number of anilines is 1. The zero-order chi connectivity index (χ0) is 18.2. The standard InChI is InChI=1S/C20H19ClN4O/c21-18-5-1-3-15(11-18)8-10-23-19-7-6-17(14-24-19)20(26)25-13-16-4-2-9-22-12-16/h1-7,9,11-12,14H,8,10,13H2,(H,23,24)(H,25,26). The summed E-state index contributed by atoms with van der Waals surface area (Å²) < 4.78 is 0. The molecular formula is C20H19ClN4O. The molecule has 0 atom stereocenters. The van der Waals surface area contributed by atoms with Crippen LogP contribution in [0.4, 0.5) is 5.82 Å². The number of rotatable bonds is 7. The van der Waals surface area contributed by atoms with Gasteiger partial charge in [-0.15, -0.1) is 0 Å². The fraction of sp³-hybridized carbons (Fsp3) is 0.150. The Balaban J connectivity index is 1.47. The van der Waals surface area contributed by atoms with Crippen LogP contribution in [0.15, 0.2) is 67.1 Å². The van der Waals surface area contributed by atoms with Crippen molar-refractivity contribution in [3.63, 3.8) is 0 Å². The Hall–Kier alpha value is -2.92. The summed E-state index contributed by atoms with van der Waals surface area (Å²) in [7, 11) is 0. The highest BCUT2D eigenvalue weighted by Gasteiger charge is 2.06. The van der Waals surface area contributed by atoms with E-state index < -0.39 is 0 Å². The number of pyridine rings is 2. The summed E-state index contributed by atoms with van der Waals surface area (Å²) in [5.74, 6) is 0.572. The maximum atomic E-state index is 12.2. The molecule has 2 aromatic heterocycles. The molecule has 0 aliphatic heterocycles. The lowest BCUT2D eigenvalue weighted by Gasteiger charge is -2.08. The van der Waals surface area contributed by atoms with E-state index in [1.165, 1.54) is 0 Å². The first-order chi connectivity index (χ1) is 12.7. The van der Waals surface area contributed by atoms with Crippen molar-refractivity contribution in [3.8, 4) is 0 Å². The molecule has 5 nitrogen and oxygen atoms in total. The van der Waals surface area contributed by atoms with Gasteiger partial charge in [0.25, 0.3) is 5.91 Å². The molecule has 0 fully saturated rings. The van der Waals surface area contributed by atoms with E-state index in [2.05, 4.69) is 20.6 Å². The van der Waals surface area contributed by atoms with Crippen molar-refractivity contribution in [2.24, 2.45) is 0 Å². The summed E-state index contributed by atoms with van der Waals surface area (Å²) in [6.07, 6.45) is 5.84. The van der Waals surface area contributed by atoms with Crippen molar-refractivity contribution in [1.29, 1.82) is 0 Å². The van der Waals surface area contributed by atoms with Gasteiger partial charge in [0.1, 0.15) is 5.82 Å². The third kappa shape index (κ3) is 5.29. The van der Waals surface area contributed by atoms with Crippen LogP contribution in [-0.2, 0) is 13.0 Å². The Kier molecular flexibility index (Phi) is 6.17. The Morgan fingerprint density at radius 3 is 2.65 bits per heavy atom. The molecule has 1 amide bonds. The number of hydrogen-bond donors (Lipinski definition) is 2. The van der Waals surface area contributed by atoms with Crippen LogP contribution in [0.25, 0.3) is 0 Å². The largest absolute Gasteiger partial charge is 0.370 e. The van der Waals surface area contributed by atoms with Crippen LogP contribution in [0.2, 0.25) is 5.02 Å². The predicted molar refractivity (Wildman–Crippen MR) is 103 cm³/mol. The smallest absolute Gasteiger partial charge is 0.253 e. The molecule has 0 saturated heterocycles. The first kappa shape index (κ1) is 17.9. The summed E-state index contributed by atoms with van der Waals surface area (Å²) in [6, 6.07) is 15.1. The number of amides is 1. The van der Waals surface area contributed by atoms with Crippen molar-refractivity contribution in [2.75, 3.05) is 11.9 Å². The average molecular weight is 367 g/mol. The number of halogens is 1. The normalized spacial score (nSPS) is 10.3. The van der Waals surface area contributed by atoms with Crippen LogP contribution in [-0.4, -0.2) is 22.4 Å². The molecule has 0 radical (unpaired) electrons. The second-order valence-electron chi connectivity index (χ2n) is 5.78. The van der Waals surface area contributed by atoms with Crippen LogP contribution >= 0.6 is 11.6 Å². The highest BCUT2D eigenvalue weighted by molar-refractivity contribution is 6.30. The third-order valence-corrected chi connectivity index (χ3v) is 4.05. The molecule has 0 aliphatic rings. The van der Waals surface area contributed by atoms with Gasteiger partial charge in [-0.05, 0) is 47.9 Å². The number of carbonyl (C=O) groups excluding carboxylic acids is 1. The Bertz CT molecular complexity index is 853. The summed E-state index contributed by atoms with van der Waals surface area (Å²) in [5, 5.41) is 6.83. The van der Waals surface area contributed by atoms with Gasteiger partial charge in [0.05, 0.1) is 5.56 Å². The maximum absolute atomic E-state index is 12.2. The molecule has 2 N–H and O–H groups in total. The first-order valence-corrected chi connectivity index (χ1v) is 8.70. The van der Waals surface area contributed by atoms with Crippen molar-refractivity contribution in [1.82, 2.24) is 15.3 Å². The van der Waals surface area contributed by atoms with E-state index in [9.17, 15) is 4.79 Å². The Morgan fingerprint density at radius 2 is 1.92 bits per heavy atom. The van der Waals surface area contributed by atoms with Gasteiger partial charge in [-0.1, -0.05) is 29.8 Å². The Labute approximate surface area is 157 Å². The zero-order valence-electron chi connectivity index (χ0n) is 14.2. The molecule has 0 saturated carbocycles. The van der Waals surface area contributed by atoms with Crippen molar-refractivity contribution in [2.45, 2.75) is 13.0 Å². The first-order valence-electron chi connectivity index (χ1n) is 8.32. The van der Waals surface area contributed by atoms with Crippen molar-refractivity contribution < 1.29 is 4.79 Å². The molecule has 0 unspecified atom stereocenters. The quantitative estimate of drug-likeness (QED) is 0.668. The van der Waals surface area contributed by atoms with E-state index in [1.54, 1.807) is 30.7 Å². The van der Waals surface area contributed by atoms with E-state index in [4.69, 9.17) is 11.6 Å². The van der Waals surface area contributed by atoms with Gasteiger partial charge >= 0.3 is 0 Å². The number of carbonyl (C=O) groups is 1. The third-order valence-electron chi connectivity index (χ3n) is 3.81. The van der Waals surface area contributed by atoms with Crippen LogP contribution in [0.5, 0.6) is 0 Å². The van der Waals surface area contributed by atoms with Crippen LogP contribution in [0.1, 0.15) is 21.5 Å². The number of hydrogen-bond acceptors (Lipinski definition) is 4.